The van der Waals surface area contributed by atoms with Gasteiger partial charge >= 0.3 is 0 Å². The average Bonchev–Trinajstić information content (AvgIpc) is 2.66. The third-order valence-corrected chi connectivity index (χ3v) is 2.56. The fourth-order valence-corrected chi connectivity index (χ4v) is 1.49. The maximum Gasteiger partial charge on any atom is 0.0991 e. The first kappa shape index (κ1) is 10.2. The molecule has 1 heterocycles. The van der Waals surface area contributed by atoms with Crippen LogP contribution in [0.25, 0.3) is 0 Å². The molecule has 3 N–H and O–H groups in total. The zero-order valence-corrected chi connectivity index (χ0v) is 8.33. The van der Waals surface area contributed by atoms with Crippen molar-refractivity contribution in [2.24, 2.45) is 11.7 Å². The third-order valence-electron chi connectivity index (χ3n) is 2.56. The molecule has 0 aliphatic carbocycles. The van der Waals surface area contributed by atoms with Crippen molar-refractivity contribution in [3.8, 4) is 0 Å². The molecular formula is C9H18N4. The molecule has 0 saturated carbocycles. The van der Waals surface area contributed by atoms with E-state index in [1.807, 2.05) is 0 Å². The van der Waals surface area contributed by atoms with E-state index in [4.69, 9.17) is 5.73 Å². The quantitative estimate of drug-likeness (QED) is 0.727. The van der Waals surface area contributed by atoms with Crippen LogP contribution in [0.15, 0.2) is 6.20 Å². The second kappa shape index (κ2) is 4.97. The number of nitrogens with two attached hydrogens (primary N) is 1. The molecule has 0 aromatic carbocycles. The van der Waals surface area contributed by atoms with Crippen molar-refractivity contribution in [2.45, 2.75) is 39.2 Å². The second-order valence-corrected chi connectivity index (χ2v) is 3.42. The number of rotatable bonds is 5. The minimum atomic E-state index is 0.0312. The molecule has 0 spiro atoms. The van der Waals surface area contributed by atoms with Crippen molar-refractivity contribution in [1.29, 1.82) is 0 Å². The van der Waals surface area contributed by atoms with Gasteiger partial charge in [0.15, 0.2) is 0 Å². The van der Waals surface area contributed by atoms with Gasteiger partial charge in [0.05, 0.1) is 17.9 Å². The molecule has 1 rings (SSSR count). The van der Waals surface area contributed by atoms with Crippen LogP contribution < -0.4 is 5.73 Å². The van der Waals surface area contributed by atoms with Gasteiger partial charge in [-0.15, -0.1) is 0 Å². The Balaban J connectivity index is 2.45. The molecule has 0 amide bonds. The van der Waals surface area contributed by atoms with E-state index in [1.165, 1.54) is 12.8 Å². The van der Waals surface area contributed by atoms with Gasteiger partial charge in [-0.25, -0.2) is 0 Å². The summed E-state index contributed by atoms with van der Waals surface area (Å²) in [5.41, 5.74) is 6.84. The van der Waals surface area contributed by atoms with Crippen LogP contribution in [0.5, 0.6) is 0 Å². The van der Waals surface area contributed by atoms with Crippen molar-refractivity contribution < 1.29 is 0 Å². The van der Waals surface area contributed by atoms with Crippen LogP contribution in [-0.4, -0.2) is 15.4 Å². The van der Waals surface area contributed by atoms with Gasteiger partial charge in [-0.3, -0.25) is 0 Å². The first-order chi connectivity index (χ1) is 6.27. The van der Waals surface area contributed by atoms with Crippen molar-refractivity contribution in [3.05, 3.63) is 11.9 Å². The Morgan fingerprint density at radius 2 is 2.15 bits per heavy atom. The molecule has 74 valence electrons. The predicted octanol–water partition coefficient (Wildman–Crippen LogP) is 1.63. The number of hydrogen-bond donors (Lipinski definition) is 2. The van der Waals surface area contributed by atoms with Crippen molar-refractivity contribution in [2.75, 3.05) is 0 Å². The molecule has 0 radical (unpaired) electrons. The van der Waals surface area contributed by atoms with Gasteiger partial charge < -0.3 is 5.73 Å². The molecule has 1 unspecified atom stereocenters. The monoisotopic (exact) mass is 182 g/mol. The van der Waals surface area contributed by atoms with Gasteiger partial charge in [-0.1, -0.05) is 26.7 Å². The third kappa shape index (κ3) is 2.81. The van der Waals surface area contributed by atoms with Gasteiger partial charge in [-0.05, 0) is 12.3 Å². The fourth-order valence-electron chi connectivity index (χ4n) is 1.49. The van der Waals surface area contributed by atoms with Crippen LogP contribution in [0.1, 0.15) is 44.8 Å². The Hall–Kier alpha value is -0.900. The minimum absolute atomic E-state index is 0.0312. The Bertz CT molecular complexity index is 216. The van der Waals surface area contributed by atoms with E-state index < -0.39 is 0 Å². The first-order valence-electron chi connectivity index (χ1n) is 4.89. The van der Waals surface area contributed by atoms with E-state index in [0.717, 1.165) is 12.1 Å². The van der Waals surface area contributed by atoms with Crippen LogP contribution in [0.3, 0.4) is 0 Å². The summed E-state index contributed by atoms with van der Waals surface area (Å²) in [7, 11) is 0. The smallest absolute Gasteiger partial charge is 0.0991 e. The number of nitrogens with zero attached hydrogens (tertiary/aromatic N) is 2. The van der Waals surface area contributed by atoms with Crippen LogP contribution in [-0.2, 0) is 0 Å². The summed E-state index contributed by atoms with van der Waals surface area (Å²) in [4.78, 5) is 0. The van der Waals surface area contributed by atoms with E-state index in [1.54, 1.807) is 6.20 Å². The van der Waals surface area contributed by atoms with Crippen LogP contribution in [0.4, 0.5) is 0 Å². The van der Waals surface area contributed by atoms with Gasteiger partial charge in [0, 0.05) is 0 Å². The molecule has 0 saturated heterocycles. The lowest BCUT2D eigenvalue weighted by molar-refractivity contribution is 0.410. The predicted molar refractivity (Wildman–Crippen MR) is 52.0 cm³/mol. The largest absolute Gasteiger partial charge is 0.323 e. The van der Waals surface area contributed by atoms with Crippen molar-refractivity contribution in [1.82, 2.24) is 15.4 Å². The lowest BCUT2D eigenvalue weighted by atomic mass is 9.94. The lowest BCUT2D eigenvalue weighted by Crippen LogP contribution is -2.15. The van der Waals surface area contributed by atoms with Gasteiger partial charge in [0.2, 0.25) is 0 Å². The molecule has 1 atom stereocenters. The van der Waals surface area contributed by atoms with Crippen molar-refractivity contribution in [3.63, 3.8) is 0 Å². The normalized spacial score (nSPS) is 13.5. The Labute approximate surface area is 78.9 Å². The highest BCUT2D eigenvalue weighted by Gasteiger charge is 2.13. The van der Waals surface area contributed by atoms with E-state index in [9.17, 15) is 0 Å². The average molecular weight is 182 g/mol. The van der Waals surface area contributed by atoms with Crippen molar-refractivity contribution >= 4 is 0 Å². The number of nitrogens with one attached hydrogen (secondary N) is 1. The Morgan fingerprint density at radius 1 is 1.46 bits per heavy atom. The number of hydrogen-bond acceptors (Lipinski definition) is 3. The van der Waals surface area contributed by atoms with E-state index >= 15 is 0 Å². The van der Waals surface area contributed by atoms with Gasteiger partial charge in [-0.2, -0.15) is 15.4 Å². The standard InChI is InChI=1S/C9H18N4/c1-3-7(4-2)5-8(10)9-6-11-13-12-9/h6-8H,3-5,10H2,1-2H3,(H,11,12,13). The van der Waals surface area contributed by atoms with Crippen LogP contribution >= 0.6 is 0 Å². The van der Waals surface area contributed by atoms with E-state index in [2.05, 4.69) is 29.3 Å². The molecule has 13 heavy (non-hydrogen) atoms. The number of aromatic amines is 1. The Morgan fingerprint density at radius 3 is 2.62 bits per heavy atom. The van der Waals surface area contributed by atoms with Gasteiger partial charge in [0.1, 0.15) is 0 Å². The fraction of sp³-hybridized carbons (Fsp3) is 0.778. The summed E-state index contributed by atoms with van der Waals surface area (Å²) in [6.07, 6.45) is 5.07. The molecule has 4 heteroatoms. The molecular weight excluding hydrogens is 164 g/mol. The summed E-state index contributed by atoms with van der Waals surface area (Å²) in [5, 5.41) is 10.3. The maximum absolute atomic E-state index is 5.97. The zero-order chi connectivity index (χ0) is 9.68. The second-order valence-electron chi connectivity index (χ2n) is 3.42. The summed E-state index contributed by atoms with van der Waals surface area (Å²) in [5.74, 6) is 0.701. The highest BCUT2D eigenvalue weighted by Crippen LogP contribution is 2.21. The molecule has 0 aliphatic heterocycles. The molecule has 0 fully saturated rings. The summed E-state index contributed by atoms with van der Waals surface area (Å²) in [6.45, 7) is 4.40. The molecule has 1 aromatic heterocycles. The lowest BCUT2D eigenvalue weighted by Gasteiger charge is -2.15. The molecule has 1 aromatic rings. The summed E-state index contributed by atoms with van der Waals surface area (Å²) < 4.78 is 0. The number of aromatic nitrogens is 3. The maximum atomic E-state index is 5.97. The molecule has 4 nitrogen and oxygen atoms in total. The molecule has 0 aliphatic rings. The van der Waals surface area contributed by atoms with E-state index in [-0.39, 0.29) is 6.04 Å². The SMILES string of the molecule is CCC(CC)CC(N)c1cn[nH]n1. The summed E-state index contributed by atoms with van der Waals surface area (Å²) >= 11 is 0. The highest BCUT2D eigenvalue weighted by atomic mass is 15.3. The van der Waals surface area contributed by atoms with Gasteiger partial charge in [0.25, 0.3) is 0 Å². The van der Waals surface area contributed by atoms with E-state index in [0.29, 0.717) is 5.92 Å². The minimum Gasteiger partial charge on any atom is -0.323 e. The number of H-pyrrole nitrogens is 1. The van der Waals surface area contributed by atoms with Crippen LogP contribution in [0.2, 0.25) is 0 Å². The Kier molecular flexibility index (Phi) is 3.89. The zero-order valence-electron chi connectivity index (χ0n) is 8.33. The molecule has 0 bridgehead atoms. The first-order valence-corrected chi connectivity index (χ1v) is 4.89. The topological polar surface area (TPSA) is 67.6 Å². The summed E-state index contributed by atoms with van der Waals surface area (Å²) in [6, 6.07) is 0.0312. The van der Waals surface area contributed by atoms with Crippen LogP contribution in [0, 0.1) is 5.92 Å². The highest BCUT2D eigenvalue weighted by molar-refractivity contribution is 4.98.